The van der Waals surface area contributed by atoms with Gasteiger partial charge in [0.2, 0.25) is 0 Å². The molecule has 1 aromatic carbocycles. The average molecular weight is 94.0 g/mol. The molecule has 0 amide bonds. The molecule has 0 aliphatic carbocycles. The summed E-state index contributed by atoms with van der Waals surface area (Å²) >= 11 is 0. The molecule has 0 aliphatic rings. The van der Waals surface area contributed by atoms with Crippen molar-refractivity contribution in [3.8, 4) is 0 Å². The van der Waals surface area contributed by atoms with Crippen LogP contribution in [0.3, 0.4) is 0 Å². The summed E-state index contributed by atoms with van der Waals surface area (Å²) in [5.41, 5.74) is 0. The van der Waals surface area contributed by atoms with E-state index in [4.69, 9.17) is 0 Å². The molecular weight excluding hydrogens is 85.9 g/mol. The van der Waals surface area contributed by atoms with Crippen molar-refractivity contribution in [1.29, 1.82) is 0 Å². The van der Waals surface area contributed by atoms with Gasteiger partial charge >= 0.3 is 37.7 Å². The van der Waals surface area contributed by atoms with Gasteiger partial charge in [0.15, 0.2) is 0 Å². The SMILES string of the molecule is [H-].[H-].[Li+].[Li+].c1ccccc1. The first kappa shape index (κ1) is 11.2. The van der Waals surface area contributed by atoms with Crippen LogP contribution in [0.4, 0.5) is 0 Å². The van der Waals surface area contributed by atoms with Crippen LogP contribution in [0.2, 0.25) is 0 Å². The van der Waals surface area contributed by atoms with Crippen molar-refractivity contribution in [3.63, 3.8) is 0 Å². The van der Waals surface area contributed by atoms with Crippen LogP contribution in [0, 0.1) is 0 Å². The summed E-state index contributed by atoms with van der Waals surface area (Å²) in [4.78, 5) is 0. The van der Waals surface area contributed by atoms with E-state index in [1.54, 1.807) is 0 Å². The number of benzene rings is 1. The van der Waals surface area contributed by atoms with Crippen molar-refractivity contribution in [2.75, 3.05) is 0 Å². The van der Waals surface area contributed by atoms with Crippen molar-refractivity contribution < 1.29 is 40.6 Å². The van der Waals surface area contributed by atoms with Crippen molar-refractivity contribution in [2.24, 2.45) is 0 Å². The number of rotatable bonds is 0. The first-order valence-electron chi connectivity index (χ1n) is 2.00. The molecule has 8 heavy (non-hydrogen) atoms. The van der Waals surface area contributed by atoms with Gasteiger partial charge in [0.25, 0.3) is 0 Å². The molecule has 0 unspecified atom stereocenters. The quantitative estimate of drug-likeness (QED) is 0.287. The Bertz CT molecular complexity index is 85.7. The third kappa shape index (κ3) is 4.57. The van der Waals surface area contributed by atoms with Gasteiger partial charge in [-0.05, 0) is 0 Å². The topological polar surface area (TPSA) is 0 Å². The fourth-order valence-electron chi connectivity index (χ4n) is 0.385. The maximum Gasteiger partial charge on any atom is 1.00 e. The van der Waals surface area contributed by atoms with E-state index in [9.17, 15) is 0 Å². The van der Waals surface area contributed by atoms with Crippen molar-refractivity contribution in [1.82, 2.24) is 0 Å². The molecule has 34 valence electrons. The summed E-state index contributed by atoms with van der Waals surface area (Å²) in [5.74, 6) is 0. The standard InChI is InChI=1S/C6H6.2Li.2H/c1-2-4-6-5-3-1;;;;/h1-6H;;;;/q;2*+1;2*-1. The second-order valence-corrected chi connectivity index (χ2v) is 1.15. The monoisotopic (exact) mass is 94.1 g/mol. The van der Waals surface area contributed by atoms with Gasteiger partial charge in [-0.15, -0.1) is 0 Å². The van der Waals surface area contributed by atoms with Crippen LogP contribution in [0.25, 0.3) is 0 Å². The minimum atomic E-state index is 0. The molecule has 0 saturated carbocycles. The van der Waals surface area contributed by atoms with Gasteiger partial charge in [-0.1, -0.05) is 36.4 Å². The molecule has 0 fully saturated rings. The minimum absolute atomic E-state index is 0. The maximum absolute atomic E-state index is 2.00. The summed E-state index contributed by atoms with van der Waals surface area (Å²) in [6.45, 7) is 0. The summed E-state index contributed by atoms with van der Waals surface area (Å²) in [7, 11) is 0. The van der Waals surface area contributed by atoms with Gasteiger partial charge in [0, 0.05) is 0 Å². The van der Waals surface area contributed by atoms with Gasteiger partial charge in [-0.2, -0.15) is 0 Å². The summed E-state index contributed by atoms with van der Waals surface area (Å²) < 4.78 is 0. The zero-order valence-corrected chi connectivity index (χ0v) is 5.46. The molecule has 0 bridgehead atoms. The van der Waals surface area contributed by atoms with E-state index in [1.807, 2.05) is 36.4 Å². The molecular formula is C6H8Li2. The zero-order valence-electron chi connectivity index (χ0n) is 7.46. The third-order valence-electron chi connectivity index (χ3n) is 0.667. The summed E-state index contributed by atoms with van der Waals surface area (Å²) in [6, 6.07) is 12.0. The smallest absolute Gasteiger partial charge is 1.00 e. The molecule has 0 atom stereocenters. The predicted octanol–water partition coefficient (Wildman–Crippen LogP) is -4.08. The van der Waals surface area contributed by atoms with Crippen LogP contribution in [-0.2, 0) is 0 Å². The van der Waals surface area contributed by atoms with Gasteiger partial charge in [0.05, 0.1) is 0 Å². The molecule has 0 aliphatic heterocycles. The normalized spacial score (nSPS) is 6.00. The molecule has 0 saturated heterocycles. The van der Waals surface area contributed by atoms with Gasteiger partial charge in [0.1, 0.15) is 0 Å². The first-order chi connectivity index (χ1) is 3.00. The Balaban J connectivity index is -0.0000000450. The molecule has 0 aromatic heterocycles. The van der Waals surface area contributed by atoms with E-state index < -0.39 is 0 Å². The average Bonchev–Trinajstić information content (AvgIpc) is 1.72. The fraction of sp³-hybridized carbons (Fsp3) is 0. The van der Waals surface area contributed by atoms with Gasteiger partial charge in [-0.25, -0.2) is 0 Å². The van der Waals surface area contributed by atoms with E-state index >= 15 is 0 Å². The Morgan fingerprint density at radius 2 is 0.625 bits per heavy atom. The van der Waals surface area contributed by atoms with Crippen LogP contribution in [0.15, 0.2) is 36.4 Å². The Labute approximate surface area is 77.0 Å². The molecule has 2 heteroatoms. The maximum atomic E-state index is 2.00. The summed E-state index contributed by atoms with van der Waals surface area (Å²) in [5, 5.41) is 0. The Kier molecular flexibility index (Phi) is 10.4. The molecule has 0 heterocycles. The Morgan fingerprint density at radius 1 is 0.500 bits per heavy atom. The van der Waals surface area contributed by atoms with E-state index in [-0.39, 0.29) is 40.6 Å². The van der Waals surface area contributed by atoms with Crippen LogP contribution >= 0.6 is 0 Å². The zero-order chi connectivity index (χ0) is 4.24. The minimum Gasteiger partial charge on any atom is -1.00 e. The molecule has 0 spiro atoms. The van der Waals surface area contributed by atoms with Crippen molar-refractivity contribution in [2.45, 2.75) is 0 Å². The third-order valence-corrected chi connectivity index (χ3v) is 0.667. The Hall–Kier alpha value is 0.415. The molecule has 0 nitrogen and oxygen atoms in total. The summed E-state index contributed by atoms with van der Waals surface area (Å²) in [6.07, 6.45) is 0. The molecule has 1 aromatic rings. The van der Waals surface area contributed by atoms with Crippen LogP contribution < -0.4 is 37.7 Å². The first-order valence-corrected chi connectivity index (χ1v) is 2.00. The van der Waals surface area contributed by atoms with Crippen molar-refractivity contribution in [3.05, 3.63) is 36.4 Å². The van der Waals surface area contributed by atoms with Crippen LogP contribution in [-0.4, -0.2) is 0 Å². The second-order valence-electron chi connectivity index (χ2n) is 1.15. The second kappa shape index (κ2) is 7.41. The van der Waals surface area contributed by atoms with E-state index in [1.165, 1.54) is 0 Å². The number of hydrogen-bond donors (Lipinski definition) is 0. The molecule has 0 N–H and O–H groups in total. The Morgan fingerprint density at radius 3 is 0.750 bits per heavy atom. The van der Waals surface area contributed by atoms with Gasteiger partial charge in [-0.3, -0.25) is 0 Å². The fourth-order valence-corrected chi connectivity index (χ4v) is 0.385. The van der Waals surface area contributed by atoms with Crippen molar-refractivity contribution >= 4 is 0 Å². The largest absolute Gasteiger partial charge is 1.00 e. The van der Waals surface area contributed by atoms with Crippen LogP contribution in [0.1, 0.15) is 2.85 Å². The van der Waals surface area contributed by atoms with E-state index in [0.29, 0.717) is 0 Å². The molecule has 0 radical (unpaired) electrons. The molecule has 1 rings (SSSR count). The number of hydrogen-bond acceptors (Lipinski definition) is 0. The van der Waals surface area contributed by atoms with Crippen LogP contribution in [0.5, 0.6) is 0 Å². The van der Waals surface area contributed by atoms with E-state index in [2.05, 4.69) is 0 Å². The predicted molar refractivity (Wildman–Crippen MR) is 28.7 cm³/mol. The van der Waals surface area contributed by atoms with E-state index in [0.717, 1.165) is 0 Å². The van der Waals surface area contributed by atoms with Gasteiger partial charge < -0.3 is 2.85 Å².